The molecule has 0 bridgehead atoms. The number of halogens is 1. The van der Waals surface area contributed by atoms with Gasteiger partial charge in [-0.15, -0.1) is 11.3 Å². The van der Waals surface area contributed by atoms with Crippen molar-refractivity contribution < 1.29 is 14.3 Å². The third kappa shape index (κ3) is 1.48. The monoisotopic (exact) mass is 210 g/mol. The van der Waals surface area contributed by atoms with Gasteiger partial charge >= 0.3 is 5.97 Å². The lowest BCUT2D eigenvalue weighted by Gasteiger charge is -2.01. The molecule has 0 atom stereocenters. The topological polar surface area (TPSA) is 37.3 Å². The second-order valence-electron chi connectivity index (χ2n) is 2.94. The van der Waals surface area contributed by atoms with Crippen molar-refractivity contribution in [1.82, 2.24) is 0 Å². The molecule has 0 saturated heterocycles. The first-order chi connectivity index (χ1) is 6.68. The maximum absolute atomic E-state index is 13.3. The van der Waals surface area contributed by atoms with E-state index in [9.17, 15) is 9.18 Å². The number of rotatable bonds is 2. The van der Waals surface area contributed by atoms with Crippen molar-refractivity contribution in [3.63, 3.8) is 0 Å². The Morgan fingerprint density at radius 2 is 2.21 bits per heavy atom. The molecule has 0 aliphatic heterocycles. The van der Waals surface area contributed by atoms with Crippen LogP contribution in [0.15, 0.2) is 23.6 Å². The Labute approximate surface area is 83.6 Å². The van der Waals surface area contributed by atoms with Crippen LogP contribution in [0, 0.1) is 5.82 Å². The molecule has 0 saturated carbocycles. The second-order valence-corrected chi connectivity index (χ2v) is 3.85. The molecule has 1 aromatic heterocycles. The average Bonchev–Trinajstić information content (AvgIpc) is 2.57. The van der Waals surface area contributed by atoms with Crippen molar-refractivity contribution in [3.8, 4) is 0 Å². The molecule has 72 valence electrons. The zero-order chi connectivity index (χ0) is 10.1. The molecule has 0 radical (unpaired) electrons. The fourth-order valence-corrected chi connectivity index (χ4v) is 2.32. The van der Waals surface area contributed by atoms with Gasteiger partial charge in [-0.3, -0.25) is 4.79 Å². The lowest BCUT2D eigenvalue weighted by atomic mass is 10.1. The Bertz CT molecular complexity index is 490. The highest BCUT2D eigenvalue weighted by molar-refractivity contribution is 7.17. The summed E-state index contributed by atoms with van der Waals surface area (Å²) in [6, 6.07) is 4.82. The Morgan fingerprint density at radius 1 is 1.43 bits per heavy atom. The molecule has 0 aliphatic carbocycles. The van der Waals surface area contributed by atoms with Crippen LogP contribution in [0.3, 0.4) is 0 Å². The predicted octanol–water partition coefficient (Wildman–Crippen LogP) is 2.67. The summed E-state index contributed by atoms with van der Waals surface area (Å²) in [4.78, 5) is 10.5. The summed E-state index contributed by atoms with van der Waals surface area (Å²) in [6.45, 7) is 0. The smallest absolute Gasteiger partial charge is 0.307 e. The van der Waals surface area contributed by atoms with Crippen molar-refractivity contribution in [1.29, 1.82) is 0 Å². The predicted molar refractivity (Wildman–Crippen MR) is 53.1 cm³/mol. The summed E-state index contributed by atoms with van der Waals surface area (Å²) in [5, 5.41) is 11.4. The average molecular weight is 210 g/mol. The van der Waals surface area contributed by atoms with Crippen LogP contribution in [-0.2, 0) is 11.2 Å². The number of fused-ring (bicyclic) bond motifs is 1. The molecule has 0 aliphatic rings. The number of hydrogen-bond acceptors (Lipinski definition) is 2. The Kier molecular flexibility index (Phi) is 2.21. The van der Waals surface area contributed by atoms with Gasteiger partial charge in [0.1, 0.15) is 5.82 Å². The molecule has 2 aromatic rings. The number of carboxylic acids is 1. The van der Waals surface area contributed by atoms with Gasteiger partial charge in [0.25, 0.3) is 0 Å². The quantitative estimate of drug-likeness (QED) is 0.827. The third-order valence-electron chi connectivity index (χ3n) is 2.00. The molecular weight excluding hydrogens is 203 g/mol. The van der Waals surface area contributed by atoms with E-state index >= 15 is 0 Å². The van der Waals surface area contributed by atoms with Crippen molar-refractivity contribution in [2.45, 2.75) is 6.42 Å². The molecule has 1 aromatic carbocycles. The largest absolute Gasteiger partial charge is 0.481 e. The second kappa shape index (κ2) is 3.38. The van der Waals surface area contributed by atoms with Gasteiger partial charge in [-0.1, -0.05) is 6.07 Å². The van der Waals surface area contributed by atoms with E-state index in [1.165, 1.54) is 17.4 Å². The molecule has 4 heteroatoms. The summed E-state index contributed by atoms with van der Waals surface area (Å²) < 4.78 is 14.0. The highest BCUT2D eigenvalue weighted by Crippen LogP contribution is 2.27. The minimum absolute atomic E-state index is 0.260. The molecule has 0 fully saturated rings. The normalized spacial score (nSPS) is 10.6. The minimum Gasteiger partial charge on any atom is -0.481 e. The fraction of sp³-hybridized carbons (Fsp3) is 0.100. The summed E-state index contributed by atoms with van der Waals surface area (Å²) >= 11 is 1.37. The first-order valence-electron chi connectivity index (χ1n) is 4.05. The number of benzene rings is 1. The maximum Gasteiger partial charge on any atom is 0.307 e. The Hall–Kier alpha value is -1.42. The molecule has 2 nitrogen and oxygen atoms in total. The first kappa shape index (κ1) is 9.15. The molecule has 1 N–H and O–H groups in total. The van der Waals surface area contributed by atoms with Gasteiger partial charge in [-0.2, -0.15) is 0 Å². The summed E-state index contributed by atoms with van der Waals surface area (Å²) in [6.07, 6.45) is -0.260. The van der Waals surface area contributed by atoms with Crippen LogP contribution in [0.4, 0.5) is 4.39 Å². The fourth-order valence-electron chi connectivity index (χ4n) is 1.38. The zero-order valence-corrected chi connectivity index (χ0v) is 7.97. The van der Waals surface area contributed by atoms with E-state index < -0.39 is 11.8 Å². The lowest BCUT2D eigenvalue weighted by Crippen LogP contribution is -2.02. The highest BCUT2D eigenvalue weighted by Gasteiger charge is 2.11. The van der Waals surface area contributed by atoms with Gasteiger partial charge in [0.15, 0.2) is 0 Å². The van der Waals surface area contributed by atoms with E-state index in [2.05, 4.69) is 0 Å². The van der Waals surface area contributed by atoms with Crippen LogP contribution in [0.2, 0.25) is 0 Å². The molecule has 0 unspecified atom stereocenters. The molecule has 0 amide bonds. The lowest BCUT2D eigenvalue weighted by molar-refractivity contribution is -0.136. The van der Waals surface area contributed by atoms with E-state index in [1.54, 1.807) is 6.07 Å². The molecule has 2 rings (SSSR count). The molecule has 14 heavy (non-hydrogen) atoms. The third-order valence-corrected chi connectivity index (χ3v) is 2.99. The van der Waals surface area contributed by atoms with Crippen LogP contribution in [-0.4, -0.2) is 11.1 Å². The number of carbonyl (C=O) groups is 1. The first-order valence-corrected chi connectivity index (χ1v) is 4.93. The van der Waals surface area contributed by atoms with E-state index in [0.717, 1.165) is 10.1 Å². The van der Waals surface area contributed by atoms with Gasteiger partial charge in [0, 0.05) is 10.3 Å². The standard InChI is InChI=1S/C10H7FO2S/c11-8-2-1-6-3-4-14-10(6)7(8)5-9(12)13/h1-4H,5H2,(H,12,13). The summed E-state index contributed by atoms with van der Waals surface area (Å²) in [7, 11) is 0. The number of thiophene rings is 1. The van der Waals surface area contributed by atoms with Crippen molar-refractivity contribution in [3.05, 3.63) is 35.0 Å². The van der Waals surface area contributed by atoms with Crippen LogP contribution >= 0.6 is 11.3 Å². The van der Waals surface area contributed by atoms with E-state index in [0.29, 0.717) is 0 Å². The van der Waals surface area contributed by atoms with Crippen molar-refractivity contribution >= 4 is 27.4 Å². The van der Waals surface area contributed by atoms with Crippen LogP contribution in [0.1, 0.15) is 5.56 Å². The van der Waals surface area contributed by atoms with Crippen molar-refractivity contribution in [2.24, 2.45) is 0 Å². The maximum atomic E-state index is 13.3. The number of aliphatic carboxylic acids is 1. The van der Waals surface area contributed by atoms with Crippen LogP contribution in [0.5, 0.6) is 0 Å². The zero-order valence-electron chi connectivity index (χ0n) is 7.16. The van der Waals surface area contributed by atoms with E-state index in [-0.39, 0.29) is 12.0 Å². The van der Waals surface area contributed by atoms with Gasteiger partial charge in [-0.25, -0.2) is 4.39 Å². The minimum atomic E-state index is -1.01. The van der Waals surface area contributed by atoms with Gasteiger partial charge in [-0.05, 0) is 22.9 Å². The summed E-state index contributed by atoms with van der Waals surface area (Å²) in [5.74, 6) is -1.45. The van der Waals surface area contributed by atoms with Gasteiger partial charge < -0.3 is 5.11 Å². The van der Waals surface area contributed by atoms with E-state index in [4.69, 9.17) is 5.11 Å². The SMILES string of the molecule is O=C(O)Cc1c(F)ccc2ccsc12. The highest BCUT2D eigenvalue weighted by atomic mass is 32.1. The Balaban J connectivity index is 2.64. The number of carboxylic acid groups (broad SMARTS) is 1. The number of hydrogen-bond donors (Lipinski definition) is 1. The van der Waals surface area contributed by atoms with Gasteiger partial charge in [0.2, 0.25) is 0 Å². The molecule has 0 spiro atoms. The Morgan fingerprint density at radius 3 is 2.93 bits per heavy atom. The van der Waals surface area contributed by atoms with Crippen LogP contribution in [0.25, 0.3) is 10.1 Å². The molecule has 1 heterocycles. The summed E-state index contributed by atoms with van der Waals surface area (Å²) in [5.41, 5.74) is 0.282. The van der Waals surface area contributed by atoms with E-state index in [1.807, 2.05) is 11.4 Å². The van der Waals surface area contributed by atoms with Crippen molar-refractivity contribution in [2.75, 3.05) is 0 Å². The van der Waals surface area contributed by atoms with Gasteiger partial charge in [0.05, 0.1) is 6.42 Å². The molecular formula is C10H7FO2S. The van der Waals surface area contributed by atoms with Crippen LogP contribution < -0.4 is 0 Å².